The molecule has 2 aliphatic rings. The molecule has 2 unspecified atom stereocenters. The van der Waals surface area contributed by atoms with Crippen molar-refractivity contribution in [2.24, 2.45) is 0 Å². The minimum Gasteiger partial charge on any atom is -0.493 e. The maximum absolute atomic E-state index is 12.8. The van der Waals surface area contributed by atoms with Gasteiger partial charge < -0.3 is 24.3 Å². The second-order valence-electron chi connectivity index (χ2n) is 7.86. The second-order valence-corrected chi connectivity index (χ2v) is 7.86. The van der Waals surface area contributed by atoms with E-state index in [1.54, 1.807) is 19.2 Å². The summed E-state index contributed by atoms with van der Waals surface area (Å²) in [6.07, 6.45) is 0.372. The standard InChI is InChI=1S/C20H30N2O5/c1-13-10-22(11-14(2)27-13)20(3,4)12-21-19(23)15-8-16(24-5)18-17(9-15)25-6-7-26-18/h8-9,13-14H,6-7,10-12H2,1-5H3,(H,21,23). The Hall–Kier alpha value is -1.99. The third-order valence-electron chi connectivity index (χ3n) is 5.05. The smallest absolute Gasteiger partial charge is 0.251 e. The lowest BCUT2D eigenvalue weighted by atomic mass is 10.00. The normalized spacial score (nSPS) is 23.0. The largest absolute Gasteiger partial charge is 0.493 e. The topological polar surface area (TPSA) is 69.3 Å². The lowest BCUT2D eigenvalue weighted by Crippen LogP contribution is -2.58. The van der Waals surface area contributed by atoms with E-state index in [1.165, 1.54) is 0 Å². The maximum atomic E-state index is 12.8. The van der Waals surface area contributed by atoms with Gasteiger partial charge in [0.05, 0.1) is 19.3 Å². The van der Waals surface area contributed by atoms with Crippen molar-refractivity contribution < 1.29 is 23.7 Å². The van der Waals surface area contributed by atoms with E-state index < -0.39 is 0 Å². The predicted octanol–water partition coefficient (Wildman–Crippen LogP) is 2.08. The van der Waals surface area contributed by atoms with E-state index in [4.69, 9.17) is 18.9 Å². The molecule has 1 N–H and O–H groups in total. The van der Waals surface area contributed by atoms with Crippen molar-refractivity contribution >= 4 is 5.91 Å². The van der Waals surface area contributed by atoms with Gasteiger partial charge in [-0.1, -0.05) is 0 Å². The maximum Gasteiger partial charge on any atom is 0.251 e. The highest BCUT2D eigenvalue weighted by Crippen LogP contribution is 2.40. The van der Waals surface area contributed by atoms with Gasteiger partial charge in [0.1, 0.15) is 13.2 Å². The average molecular weight is 378 g/mol. The van der Waals surface area contributed by atoms with Crippen LogP contribution >= 0.6 is 0 Å². The highest BCUT2D eigenvalue weighted by Gasteiger charge is 2.33. The summed E-state index contributed by atoms with van der Waals surface area (Å²) in [7, 11) is 1.55. The Morgan fingerprint density at radius 3 is 2.56 bits per heavy atom. The molecule has 1 saturated heterocycles. The van der Waals surface area contributed by atoms with Crippen molar-refractivity contribution in [3.8, 4) is 17.2 Å². The molecule has 0 bridgehead atoms. The zero-order valence-electron chi connectivity index (χ0n) is 16.8. The van der Waals surface area contributed by atoms with Crippen LogP contribution in [0, 0.1) is 0 Å². The van der Waals surface area contributed by atoms with Crippen molar-refractivity contribution in [3.05, 3.63) is 17.7 Å². The Kier molecular flexibility index (Phi) is 5.81. The summed E-state index contributed by atoms with van der Waals surface area (Å²) in [6.45, 7) is 11.6. The Morgan fingerprint density at radius 1 is 1.22 bits per heavy atom. The minimum atomic E-state index is -0.181. The molecular formula is C20H30N2O5. The molecule has 2 aliphatic heterocycles. The number of benzene rings is 1. The molecule has 0 aliphatic carbocycles. The van der Waals surface area contributed by atoms with E-state index in [1.807, 2.05) is 0 Å². The fourth-order valence-corrected chi connectivity index (χ4v) is 3.59. The molecule has 7 heteroatoms. The molecular weight excluding hydrogens is 348 g/mol. The molecule has 3 rings (SSSR count). The number of nitrogens with one attached hydrogen (secondary N) is 1. The van der Waals surface area contributed by atoms with Crippen molar-refractivity contribution in [1.29, 1.82) is 0 Å². The summed E-state index contributed by atoms with van der Waals surface area (Å²) in [4.78, 5) is 15.1. The molecule has 7 nitrogen and oxygen atoms in total. The number of morpholine rings is 1. The third kappa shape index (κ3) is 4.47. The lowest BCUT2D eigenvalue weighted by Gasteiger charge is -2.45. The van der Waals surface area contributed by atoms with Crippen LogP contribution in [0.15, 0.2) is 12.1 Å². The van der Waals surface area contributed by atoms with Gasteiger partial charge in [0, 0.05) is 30.7 Å². The first-order valence-corrected chi connectivity index (χ1v) is 9.46. The number of carbonyl (C=O) groups excluding carboxylic acids is 1. The molecule has 0 radical (unpaired) electrons. The van der Waals surface area contributed by atoms with Gasteiger partial charge >= 0.3 is 0 Å². The number of hydrogen-bond acceptors (Lipinski definition) is 6. The van der Waals surface area contributed by atoms with Crippen LogP contribution in [-0.4, -0.2) is 68.5 Å². The Labute approximate surface area is 160 Å². The van der Waals surface area contributed by atoms with Gasteiger partial charge in [-0.25, -0.2) is 0 Å². The molecule has 1 fully saturated rings. The summed E-state index contributed by atoms with van der Waals surface area (Å²) in [5.74, 6) is 1.44. The van der Waals surface area contributed by atoms with Gasteiger partial charge in [-0.3, -0.25) is 9.69 Å². The van der Waals surface area contributed by atoms with Gasteiger partial charge in [-0.2, -0.15) is 0 Å². The van der Waals surface area contributed by atoms with Crippen LogP contribution in [0.25, 0.3) is 0 Å². The van der Waals surface area contributed by atoms with Gasteiger partial charge in [0.2, 0.25) is 5.75 Å². The highest BCUT2D eigenvalue weighted by atomic mass is 16.6. The molecule has 0 aromatic heterocycles. The average Bonchev–Trinajstić information content (AvgIpc) is 2.64. The third-order valence-corrected chi connectivity index (χ3v) is 5.05. The SMILES string of the molecule is COc1cc(C(=O)NCC(C)(C)N2CC(C)OC(C)C2)cc2c1OCCO2. The summed E-state index contributed by atoms with van der Waals surface area (Å²) < 4.78 is 22.4. The number of carbonyl (C=O) groups is 1. The number of rotatable bonds is 5. The van der Waals surface area contributed by atoms with E-state index >= 15 is 0 Å². The van der Waals surface area contributed by atoms with Crippen LogP contribution in [0.5, 0.6) is 17.2 Å². The van der Waals surface area contributed by atoms with Crippen LogP contribution in [0.1, 0.15) is 38.1 Å². The molecule has 0 saturated carbocycles. The van der Waals surface area contributed by atoms with E-state index in [-0.39, 0.29) is 23.7 Å². The fourth-order valence-electron chi connectivity index (χ4n) is 3.59. The minimum absolute atomic E-state index is 0.160. The number of amides is 1. The number of methoxy groups -OCH3 is 1. The molecule has 1 aromatic rings. The zero-order valence-corrected chi connectivity index (χ0v) is 16.8. The number of ether oxygens (including phenoxy) is 4. The van der Waals surface area contributed by atoms with Crippen molar-refractivity contribution in [2.45, 2.75) is 45.4 Å². The van der Waals surface area contributed by atoms with E-state index in [9.17, 15) is 4.79 Å². The van der Waals surface area contributed by atoms with Crippen LogP contribution in [-0.2, 0) is 4.74 Å². The van der Waals surface area contributed by atoms with Gasteiger partial charge in [0.25, 0.3) is 5.91 Å². The first kappa shape index (κ1) is 19.8. The van der Waals surface area contributed by atoms with Crippen LogP contribution in [0.2, 0.25) is 0 Å². The molecule has 1 amide bonds. The van der Waals surface area contributed by atoms with Crippen molar-refractivity contribution in [1.82, 2.24) is 10.2 Å². The Bertz CT molecular complexity index is 664. The lowest BCUT2D eigenvalue weighted by molar-refractivity contribution is -0.0948. The first-order valence-electron chi connectivity index (χ1n) is 9.46. The number of nitrogens with zero attached hydrogens (tertiary/aromatic N) is 1. The van der Waals surface area contributed by atoms with Crippen LogP contribution in [0.3, 0.4) is 0 Å². The molecule has 2 atom stereocenters. The van der Waals surface area contributed by atoms with E-state index in [2.05, 4.69) is 37.9 Å². The molecule has 27 heavy (non-hydrogen) atoms. The van der Waals surface area contributed by atoms with Crippen LogP contribution < -0.4 is 19.5 Å². The second kappa shape index (κ2) is 7.94. The Morgan fingerprint density at radius 2 is 1.89 bits per heavy atom. The van der Waals surface area contributed by atoms with E-state index in [0.717, 1.165) is 13.1 Å². The quantitative estimate of drug-likeness (QED) is 0.846. The number of fused-ring (bicyclic) bond motifs is 1. The molecule has 1 aromatic carbocycles. The zero-order chi connectivity index (χ0) is 19.6. The molecule has 150 valence electrons. The summed E-state index contributed by atoms with van der Waals surface area (Å²) in [5, 5.41) is 3.05. The van der Waals surface area contributed by atoms with E-state index in [0.29, 0.717) is 42.6 Å². The first-order chi connectivity index (χ1) is 12.8. The molecule has 2 heterocycles. The fraction of sp³-hybridized carbons (Fsp3) is 0.650. The monoisotopic (exact) mass is 378 g/mol. The summed E-state index contributed by atoms with van der Waals surface area (Å²) in [5.41, 5.74) is 0.315. The number of hydrogen-bond donors (Lipinski definition) is 1. The van der Waals surface area contributed by atoms with Gasteiger partial charge in [-0.05, 0) is 39.8 Å². The molecule has 0 spiro atoms. The summed E-state index contributed by atoms with van der Waals surface area (Å²) >= 11 is 0. The highest BCUT2D eigenvalue weighted by molar-refractivity contribution is 5.95. The van der Waals surface area contributed by atoms with Gasteiger partial charge in [-0.15, -0.1) is 0 Å². The predicted molar refractivity (Wildman–Crippen MR) is 102 cm³/mol. The van der Waals surface area contributed by atoms with Crippen molar-refractivity contribution in [2.75, 3.05) is 40.0 Å². The van der Waals surface area contributed by atoms with Crippen LogP contribution in [0.4, 0.5) is 0 Å². The summed E-state index contributed by atoms with van der Waals surface area (Å²) in [6, 6.07) is 3.40. The van der Waals surface area contributed by atoms with Gasteiger partial charge in [0.15, 0.2) is 11.5 Å². The van der Waals surface area contributed by atoms with Crippen molar-refractivity contribution in [3.63, 3.8) is 0 Å². The Balaban J connectivity index is 1.68.